The lowest BCUT2D eigenvalue weighted by Gasteiger charge is -2.23. The number of carbonyl (C=O) groups excluding carboxylic acids is 2. The van der Waals surface area contributed by atoms with Gasteiger partial charge < -0.3 is 10.2 Å². The molecule has 0 aliphatic heterocycles. The van der Waals surface area contributed by atoms with Gasteiger partial charge in [0.15, 0.2) is 0 Å². The van der Waals surface area contributed by atoms with Gasteiger partial charge in [-0.3, -0.25) is 9.59 Å². The molecule has 1 N–H and O–H groups in total. The number of hydrogen-bond acceptors (Lipinski definition) is 2. The van der Waals surface area contributed by atoms with E-state index in [1.165, 1.54) is 25.1 Å². The SMILES string of the molecule is CC(=O)N(CCNC(=O)c1ccccc1F)c1ccccc1C. The van der Waals surface area contributed by atoms with Crippen LogP contribution in [0.2, 0.25) is 0 Å². The van der Waals surface area contributed by atoms with Crippen LogP contribution in [-0.2, 0) is 4.79 Å². The number of rotatable bonds is 5. The van der Waals surface area contributed by atoms with E-state index in [2.05, 4.69) is 5.32 Å². The molecule has 4 nitrogen and oxygen atoms in total. The van der Waals surface area contributed by atoms with E-state index in [0.717, 1.165) is 11.3 Å². The molecule has 0 saturated carbocycles. The lowest BCUT2D eigenvalue weighted by atomic mass is 10.1. The van der Waals surface area contributed by atoms with Gasteiger partial charge in [-0.2, -0.15) is 0 Å². The fourth-order valence-corrected chi connectivity index (χ4v) is 2.34. The second-order valence-electron chi connectivity index (χ2n) is 5.19. The molecule has 0 heterocycles. The van der Waals surface area contributed by atoms with Gasteiger partial charge in [0.2, 0.25) is 5.91 Å². The van der Waals surface area contributed by atoms with Crippen molar-refractivity contribution in [3.05, 3.63) is 65.5 Å². The van der Waals surface area contributed by atoms with Crippen LogP contribution in [0.3, 0.4) is 0 Å². The summed E-state index contributed by atoms with van der Waals surface area (Å²) in [5.74, 6) is -1.16. The molecule has 23 heavy (non-hydrogen) atoms. The fourth-order valence-electron chi connectivity index (χ4n) is 2.34. The Morgan fingerprint density at radius 3 is 2.39 bits per heavy atom. The Bertz CT molecular complexity index is 716. The summed E-state index contributed by atoms with van der Waals surface area (Å²) in [6, 6.07) is 13.3. The molecular formula is C18H19FN2O2. The predicted octanol–water partition coefficient (Wildman–Crippen LogP) is 2.92. The van der Waals surface area contributed by atoms with Crippen molar-refractivity contribution in [1.82, 2.24) is 5.32 Å². The van der Waals surface area contributed by atoms with Crippen molar-refractivity contribution < 1.29 is 14.0 Å². The highest BCUT2D eigenvalue weighted by Crippen LogP contribution is 2.19. The zero-order valence-corrected chi connectivity index (χ0v) is 13.2. The zero-order chi connectivity index (χ0) is 16.8. The number of nitrogens with one attached hydrogen (secondary N) is 1. The maximum Gasteiger partial charge on any atom is 0.254 e. The Balaban J connectivity index is 2.01. The van der Waals surface area contributed by atoms with Crippen LogP contribution < -0.4 is 10.2 Å². The average molecular weight is 314 g/mol. The molecule has 2 aromatic carbocycles. The van der Waals surface area contributed by atoms with Crippen LogP contribution in [0.15, 0.2) is 48.5 Å². The Hall–Kier alpha value is -2.69. The third-order valence-electron chi connectivity index (χ3n) is 3.53. The van der Waals surface area contributed by atoms with Crippen LogP contribution in [0.1, 0.15) is 22.8 Å². The standard InChI is InChI=1S/C18H19FN2O2/c1-13-7-3-6-10-17(13)21(14(2)22)12-11-20-18(23)15-8-4-5-9-16(15)19/h3-10H,11-12H2,1-2H3,(H,20,23). The number of benzene rings is 2. The highest BCUT2D eigenvalue weighted by Gasteiger charge is 2.15. The number of hydrogen-bond donors (Lipinski definition) is 1. The smallest absolute Gasteiger partial charge is 0.254 e. The van der Waals surface area contributed by atoms with Crippen molar-refractivity contribution >= 4 is 17.5 Å². The summed E-state index contributed by atoms with van der Waals surface area (Å²) in [6.07, 6.45) is 0. The van der Waals surface area contributed by atoms with E-state index in [4.69, 9.17) is 0 Å². The predicted molar refractivity (Wildman–Crippen MR) is 87.9 cm³/mol. The largest absolute Gasteiger partial charge is 0.350 e. The van der Waals surface area contributed by atoms with Gasteiger partial charge in [-0.1, -0.05) is 30.3 Å². The van der Waals surface area contributed by atoms with E-state index in [9.17, 15) is 14.0 Å². The summed E-state index contributed by atoms with van der Waals surface area (Å²) in [6.45, 7) is 3.95. The number of nitrogens with zero attached hydrogens (tertiary/aromatic N) is 1. The molecule has 0 atom stereocenters. The van der Waals surface area contributed by atoms with Gasteiger partial charge in [0, 0.05) is 25.7 Å². The van der Waals surface area contributed by atoms with Gasteiger partial charge >= 0.3 is 0 Å². The van der Waals surface area contributed by atoms with E-state index in [-0.39, 0.29) is 18.0 Å². The summed E-state index contributed by atoms with van der Waals surface area (Å²) in [7, 11) is 0. The van der Waals surface area contributed by atoms with Crippen molar-refractivity contribution in [2.45, 2.75) is 13.8 Å². The van der Waals surface area contributed by atoms with Gasteiger partial charge in [0.05, 0.1) is 5.56 Å². The molecule has 0 bridgehead atoms. The Kier molecular flexibility index (Phi) is 5.46. The minimum Gasteiger partial charge on any atom is -0.350 e. The number of anilines is 1. The summed E-state index contributed by atoms with van der Waals surface area (Å²) in [4.78, 5) is 25.4. The van der Waals surface area contributed by atoms with Crippen molar-refractivity contribution in [1.29, 1.82) is 0 Å². The molecule has 0 aliphatic carbocycles. The molecule has 120 valence electrons. The van der Waals surface area contributed by atoms with E-state index < -0.39 is 11.7 Å². The lowest BCUT2D eigenvalue weighted by molar-refractivity contribution is -0.116. The van der Waals surface area contributed by atoms with E-state index in [1.807, 2.05) is 31.2 Å². The Morgan fingerprint density at radius 2 is 1.74 bits per heavy atom. The first kappa shape index (κ1) is 16.7. The molecule has 0 spiro atoms. The fraction of sp³-hybridized carbons (Fsp3) is 0.222. The van der Waals surface area contributed by atoms with Crippen molar-refractivity contribution in [2.75, 3.05) is 18.0 Å². The minimum atomic E-state index is -0.563. The van der Waals surface area contributed by atoms with Crippen LogP contribution in [0, 0.1) is 12.7 Å². The topological polar surface area (TPSA) is 49.4 Å². The average Bonchev–Trinajstić information content (AvgIpc) is 2.52. The molecule has 0 fully saturated rings. The minimum absolute atomic E-state index is 0.00207. The first-order chi connectivity index (χ1) is 11.0. The normalized spacial score (nSPS) is 10.2. The third-order valence-corrected chi connectivity index (χ3v) is 3.53. The van der Waals surface area contributed by atoms with Crippen LogP contribution in [0.25, 0.3) is 0 Å². The molecule has 0 saturated heterocycles. The molecule has 2 amide bonds. The van der Waals surface area contributed by atoms with Gasteiger partial charge in [0.25, 0.3) is 5.91 Å². The monoisotopic (exact) mass is 314 g/mol. The third kappa shape index (κ3) is 4.16. The molecule has 0 unspecified atom stereocenters. The van der Waals surface area contributed by atoms with Gasteiger partial charge in [-0.05, 0) is 30.7 Å². The summed E-state index contributed by atoms with van der Waals surface area (Å²) < 4.78 is 13.5. The molecule has 2 rings (SSSR count). The Morgan fingerprint density at radius 1 is 1.09 bits per heavy atom. The maximum atomic E-state index is 13.5. The van der Waals surface area contributed by atoms with Gasteiger partial charge in [-0.15, -0.1) is 0 Å². The molecule has 5 heteroatoms. The van der Waals surface area contributed by atoms with Crippen LogP contribution in [0.4, 0.5) is 10.1 Å². The van der Waals surface area contributed by atoms with Crippen LogP contribution in [0.5, 0.6) is 0 Å². The maximum absolute atomic E-state index is 13.5. The Labute approximate surface area is 134 Å². The number of para-hydroxylation sites is 1. The van der Waals surface area contributed by atoms with Crippen molar-refractivity contribution in [3.63, 3.8) is 0 Å². The number of amides is 2. The van der Waals surface area contributed by atoms with Crippen LogP contribution in [-0.4, -0.2) is 24.9 Å². The summed E-state index contributed by atoms with van der Waals surface area (Å²) in [5.41, 5.74) is 1.78. The first-order valence-electron chi connectivity index (χ1n) is 7.37. The molecule has 0 radical (unpaired) electrons. The second kappa shape index (κ2) is 7.54. The van der Waals surface area contributed by atoms with Gasteiger partial charge in [-0.25, -0.2) is 4.39 Å². The highest BCUT2D eigenvalue weighted by molar-refractivity contribution is 5.95. The molecule has 2 aromatic rings. The number of halogens is 1. The lowest BCUT2D eigenvalue weighted by Crippen LogP contribution is -2.38. The summed E-state index contributed by atoms with van der Waals surface area (Å²) >= 11 is 0. The molecule has 0 aromatic heterocycles. The van der Waals surface area contributed by atoms with Crippen molar-refractivity contribution in [3.8, 4) is 0 Å². The van der Waals surface area contributed by atoms with Crippen LogP contribution >= 0.6 is 0 Å². The highest BCUT2D eigenvalue weighted by atomic mass is 19.1. The second-order valence-corrected chi connectivity index (χ2v) is 5.19. The van der Waals surface area contributed by atoms with Gasteiger partial charge in [0.1, 0.15) is 5.82 Å². The first-order valence-corrected chi connectivity index (χ1v) is 7.37. The quantitative estimate of drug-likeness (QED) is 0.922. The van der Waals surface area contributed by atoms with E-state index in [0.29, 0.717) is 6.54 Å². The van der Waals surface area contributed by atoms with E-state index in [1.54, 1.807) is 11.0 Å². The molecular weight excluding hydrogens is 295 g/mol. The number of carbonyl (C=O) groups is 2. The zero-order valence-electron chi connectivity index (χ0n) is 13.2. The molecule has 0 aliphatic rings. The van der Waals surface area contributed by atoms with Crippen molar-refractivity contribution in [2.24, 2.45) is 0 Å². The van der Waals surface area contributed by atoms with E-state index >= 15 is 0 Å². The number of aryl methyl sites for hydroxylation is 1. The summed E-state index contributed by atoms with van der Waals surface area (Å²) in [5, 5.41) is 2.64.